The SMILES string of the molecule is Cc1cc(=O)n(CCCN2C(=O)c3ccccc3C2=O)c2ccccc12. The topological polar surface area (TPSA) is 59.4 Å². The third kappa shape index (κ3) is 2.52. The highest BCUT2D eigenvalue weighted by Gasteiger charge is 2.34. The van der Waals surface area contributed by atoms with Gasteiger partial charge in [-0.2, -0.15) is 0 Å². The molecule has 2 amide bonds. The number of fused-ring (bicyclic) bond motifs is 2. The minimum absolute atomic E-state index is 0.0661. The van der Waals surface area contributed by atoms with E-state index in [0.717, 1.165) is 16.5 Å². The lowest BCUT2D eigenvalue weighted by molar-refractivity contribution is 0.0651. The monoisotopic (exact) mass is 346 g/mol. The molecule has 26 heavy (non-hydrogen) atoms. The highest BCUT2D eigenvalue weighted by atomic mass is 16.2. The highest BCUT2D eigenvalue weighted by molar-refractivity contribution is 6.21. The summed E-state index contributed by atoms with van der Waals surface area (Å²) in [4.78, 5) is 38.5. The molecule has 130 valence electrons. The van der Waals surface area contributed by atoms with E-state index in [9.17, 15) is 14.4 Å². The normalized spacial score (nSPS) is 13.5. The summed E-state index contributed by atoms with van der Waals surface area (Å²) >= 11 is 0. The predicted molar refractivity (Wildman–Crippen MR) is 99.4 cm³/mol. The minimum atomic E-state index is -0.258. The van der Waals surface area contributed by atoms with Crippen LogP contribution < -0.4 is 5.56 Å². The fourth-order valence-corrected chi connectivity index (χ4v) is 3.56. The Morgan fingerprint density at radius 3 is 2.12 bits per heavy atom. The molecule has 0 fully saturated rings. The first-order chi connectivity index (χ1) is 12.6. The van der Waals surface area contributed by atoms with Crippen LogP contribution in [0.25, 0.3) is 10.9 Å². The van der Waals surface area contributed by atoms with Gasteiger partial charge in [0, 0.05) is 24.5 Å². The first kappa shape index (κ1) is 16.3. The van der Waals surface area contributed by atoms with E-state index in [-0.39, 0.29) is 17.4 Å². The number of hydrogen-bond donors (Lipinski definition) is 0. The molecule has 0 unspecified atom stereocenters. The number of rotatable bonds is 4. The van der Waals surface area contributed by atoms with E-state index < -0.39 is 0 Å². The van der Waals surface area contributed by atoms with Crippen molar-refractivity contribution >= 4 is 22.7 Å². The lowest BCUT2D eigenvalue weighted by Gasteiger charge is -2.16. The van der Waals surface area contributed by atoms with Crippen LogP contribution in [0, 0.1) is 6.92 Å². The average Bonchev–Trinajstić information content (AvgIpc) is 2.89. The van der Waals surface area contributed by atoms with Crippen molar-refractivity contribution in [2.45, 2.75) is 19.9 Å². The standard InChI is InChI=1S/C21H18N2O3/c1-14-13-19(24)22(18-10-5-4-7-15(14)18)11-6-12-23-20(25)16-8-2-3-9-17(16)21(23)26/h2-5,7-10,13H,6,11-12H2,1H3. The fourth-order valence-electron chi connectivity index (χ4n) is 3.56. The Kier molecular flexibility index (Phi) is 3.92. The second-order valence-electron chi connectivity index (χ2n) is 6.50. The molecule has 1 aromatic heterocycles. The van der Waals surface area contributed by atoms with Crippen molar-refractivity contribution < 1.29 is 9.59 Å². The van der Waals surface area contributed by atoms with Crippen LogP contribution in [-0.4, -0.2) is 27.8 Å². The van der Waals surface area contributed by atoms with Gasteiger partial charge in [0.25, 0.3) is 17.4 Å². The highest BCUT2D eigenvalue weighted by Crippen LogP contribution is 2.23. The molecular weight excluding hydrogens is 328 g/mol. The molecule has 0 bridgehead atoms. The van der Waals surface area contributed by atoms with Crippen molar-refractivity contribution in [3.05, 3.63) is 81.6 Å². The lowest BCUT2D eigenvalue weighted by atomic mass is 10.1. The Morgan fingerprint density at radius 2 is 1.42 bits per heavy atom. The molecule has 1 aliphatic heterocycles. The molecule has 0 radical (unpaired) electrons. The van der Waals surface area contributed by atoms with E-state index in [2.05, 4.69) is 0 Å². The first-order valence-electron chi connectivity index (χ1n) is 8.62. The molecule has 1 aliphatic rings. The molecule has 5 nitrogen and oxygen atoms in total. The zero-order chi connectivity index (χ0) is 18.3. The van der Waals surface area contributed by atoms with E-state index in [1.165, 1.54) is 4.90 Å². The first-order valence-corrected chi connectivity index (χ1v) is 8.62. The third-order valence-electron chi connectivity index (χ3n) is 4.87. The van der Waals surface area contributed by atoms with Crippen LogP contribution in [0.15, 0.2) is 59.4 Å². The fraction of sp³-hybridized carbons (Fsp3) is 0.190. The third-order valence-corrected chi connectivity index (χ3v) is 4.87. The van der Waals surface area contributed by atoms with Crippen molar-refractivity contribution in [2.75, 3.05) is 6.54 Å². The number of aryl methyl sites for hydroxylation is 2. The lowest BCUT2D eigenvalue weighted by Crippen LogP contribution is -2.32. The molecule has 2 aromatic carbocycles. The van der Waals surface area contributed by atoms with E-state index in [0.29, 0.717) is 30.6 Å². The smallest absolute Gasteiger partial charge is 0.261 e. The number of nitrogens with zero attached hydrogens (tertiary/aromatic N) is 2. The minimum Gasteiger partial charge on any atom is -0.308 e. The van der Waals surface area contributed by atoms with Crippen LogP contribution in [0.4, 0.5) is 0 Å². The zero-order valence-electron chi connectivity index (χ0n) is 14.4. The number of hydrogen-bond acceptors (Lipinski definition) is 3. The van der Waals surface area contributed by atoms with Gasteiger partial charge < -0.3 is 4.57 Å². The van der Waals surface area contributed by atoms with Crippen LogP contribution in [0.2, 0.25) is 0 Å². The zero-order valence-corrected chi connectivity index (χ0v) is 14.4. The van der Waals surface area contributed by atoms with Crippen molar-refractivity contribution in [3.63, 3.8) is 0 Å². The molecule has 0 atom stereocenters. The molecule has 0 aliphatic carbocycles. The molecule has 2 heterocycles. The van der Waals surface area contributed by atoms with Gasteiger partial charge in [-0.3, -0.25) is 19.3 Å². The number of pyridine rings is 1. The van der Waals surface area contributed by atoms with Gasteiger partial charge in [-0.25, -0.2) is 0 Å². The molecule has 5 heteroatoms. The van der Waals surface area contributed by atoms with Crippen LogP contribution in [0.3, 0.4) is 0 Å². The van der Waals surface area contributed by atoms with Crippen LogP contribution in [0.1, 0.15) is 32.7 Å². The summed E-state index contributed by atoms with van der Waals surface area (Å²) in [5.74, 6) is -0.515. The number of benzene rings is 2. The number of para-hydroxylation sites is 1. The maximum absolute atomic E-state index is 12.4. The Morgan fingerprint density at radius 1 is 0.808 bits per heavy atom. The maximum atomic E-state index is 12.4. The van der Waals surface area contributed by atoms with Gasteiger partial charge in [-0.1, -0.05) is 30.3 Å². The molecular formula is C21H18N2O3. The van der Waals surface area contributed by atoms with Gasteiger partial charge in [0.05, 0.1) is 16.6 Å². The van der Waals surface area contributed by atoms with Gasteiger partial charge in [-0.15, -0.1) is 0 Å². The van der Waals surface area contributed by atoms with Gasteiger partial charge >= 0.3 is 0 Å². The van der Waals surface area contributed by atoms with Crippen LogP contribution >= 0.6 is 0 Å². The van der Waals surface area contributed by atoms with Gasteiger partial charge in [-0.05, 0) is 37.1 Å². The molecule has 4 rings (SSSR count). The summed E-state index contributed by atoms with van der Waals surface area (Å²) in [6.45, 7) is 2.67. The second kappa shape index (κ2) is 6.26. The summed E-state index contributed by atoms with van der Waals surface area (Å²) < 4.78 is 1.71. The summed E-state index contributed by atoms with van der Waals surface area (Å²) in [5.41, 5.74) is 2.66. The van der Waals surface area contributed by atoms with E-state index in [1.54, 1.807) is 34.9 Å². The number of imide groups is 1. The average molecular weight is 346 g/mol. The van der Waals surface area contributed by atoms with Gasteiger partial charge in [0.15, 0.2) is 0 Å². The Bertz CT molecular complexity index is 1060. The Labute approximate surface area is 150 Å². The van der Waals surface area contributed by atoms with E-state index in [4.69, 9.17) is 0 Å². The summed E-state index contributed by atoms with van der Waals surface area (Å²) in [6.07, 6.45) is 0.526. The molecule has 0 saturated carbocycles. The van der Waals surface area contributed by atoms with E-state index in [1.807, 2.05) is 31.2 Å². The predicted octanol–water partition coefficient (Wildman–Crippen LogP) is 3.00. The van der Waals surface area contributed by atoms with Crippen molar-refractivity contribution in [1.82, 2.24) is 9.47 Å². The number of carbonyl (C=O) groups excluding carboxylic acids is 2. The maximum Gasteiger partial charge on any atom is 0.261 e. The number of carbonyl (C=O) groups is 2. The largest absolute Gasteiger partial charge is 0.308 e. The number of amides is 2. The van der Waals surface area contributed by atoms with Gasteiger partial charge in [0.1, 0.15) is 0 Å². The van der Waals surface area contributed by atoms with Gasteiger partial charge in [0.2, 0.25) is 0 Å². The molecule has 0 spiro atoms. The van der Waals surface area contributed by atoms with Crippen molar-refractivity contribution in [1.29, 1.82) is 0 Å². The summed E-state index contributed by atoms with van der Waals surface area (Å²) in [6, 6.07) is 16.3. The van der Waals surface area contributed by atoms with Crippen molar-refractivity contribution in [2.24, 2.45) is 0 Å². The van der Waals surface area contributed by atoms with E-state index >= 15 is 0 Å². The van der Waals surface area contributed by atoms with Crippen LogP contribution in [-0.2, 0) is 6.54 Å². The Balaban J connectivity index is 1.55. The second-order valence-corrected chi connectivity index (χ2v) is 6.50. The molecule has 0 saturated heterocycles. The summed E-state index contributed by atoms with van der Waals surface area (Å²) in [5, 5.41) is 1.04. The van der Waals surface area contributed by atoms with Crippen molar-refractivity contribution in [3.8, 4) is 0 Å². The Hall–Kier alpha value is -3.21. The number of aromatic nitrogens is 1. The quantitative estimate of drug-likeness (QED) is 0.683. The molecule has 3 aromatic rings. The molecule has 0 N–H and O–H groups in total. The summed E-state index contributed by atoms with van der Waals surface area (Å²) in [7, 11) is 0. The van der Waals surface area contributed by atoms with Crippen LogP contribution in [0.5, 0.6) is 0 Å².